The molecule has 2 aromatic rings. The molecule has 1 aromatic carbocycles. The molecule has 2 rings (SSSR count). The van der Waals surface area contributed by atoms with Crippen molar-refractivity contribution in [2.75, 3.05) is 0 Å². The van der Waals surface area contributed by atoms with Gasteiger partial charge in [-0.2, -0.15) is 0 Å². The van der Waals surface area contributed by atoms with Gasteiger partial charge in [-0.25, -0.2) is 13.5 Å². The van der Waals surface area contributed by atoms with Crippen LogP contribution >= 0.6 is 0 Å². The smallest absolute Gasteiger partial charge is 0.325 e. The minimum atomic E-state index is -1.23. The van der Waals surface area contributed by atoms with Crippen molar-refractivity contribution < 1.29 is 23.5 Å². The van der Waals surface area contributed by atoms with E-state index < -0.39 is 29.1 Å². The van der Waals surface area contributed by atoms with Crippen LogP contribution in [0.3, 0.4) is 0 Å². The summed E-state index contributed by atoms with van der Waals surface area (Å²) in [7, 11) is 0. The molecule has 0 atom stereocenters. The van der Waals surface area contributed by atoms with E-state index in [2.05, 4.69) is 15.6 Å². The van der Waals surface area contributed by atoms with Crippen LogP contribution in [0.5, 0.6) is 0 Å². The summed E-state index contributed by atoms with van der Waals surface area (Å²) in [6, 6.07) is 3.27. The van der Waals surface area contributed by atoms with Crippen molar-refractivity contribution in [3.8, 4) is 0 Å². The Hall–Kier alpha value is -2.84. The van der Waals surface area contributed by atoms with Gasteiger partial charge in [-0.15, -0.1) is 5.10 Å². The lowest BCUT2D eigenvalue weighted by Crippen LogP contribution is -2.24. The van der Waals surface area contributed by atoms with Gasteiger partial charge in [0.15, 0.2) is 11.6 Å². The molecule has 0 saturated heterocycles. The predicted molar refractivity (Wildman–Crippen MR) is 65.2 cm³/mol. The Kier molecular flexibility index (Phi) is 4.21. The van der Waals surface area contributed by atoms with E-state index in [1.54, 1.807) is 0 Å². The zero-order chi connectivity index (χ0) is 15.4. The Morgan fingerprint density at radius 2 is 2.10 bits per heavy atom. The number of hydrogen-bond donors (Lipinski definition) is 2. The van der Waals surface area contributed by atoms with Crippen LogP contribution in [0.15, 0.2) is 24.4 Å². The maximum atomic E-state index is 13.4. The third kappa shape index (κ3) is 3.59. The summed E-state index contributed by atoms with van der Waals surface area (Å²) in [5.74, 6) is -4.24. The van der Waals surface area contributed by atoms with Gasteiger partial charge in [-0.1, -0.05) is 11.3 Å². The summed E-state index contributed by atoms with van der Waals surface area (Å²) in [6.45, 7) is -0.451. The lowest BCUT2D eigenvalue weighted by atomic mass is 10.2. The first kappa shape index (κ1) is 14.6. The van der Waals surface area contributed by atoms with Gasteiger partial charge in [0.25, 0.3) is 5.91 Å². The van der Waals surface area contributed by atoms with Gasteiger partial charge < -0.3 is 10.4 Å². The zero-order valence-corrected chi connectivity index (χ0v) is 10.6. The fraction of sp³-hybridized carbons (Fsp3) is 0.167. The monoisotopic (exact) mass is 296 g/mol. The number of carboxylic acids is 1. The van der Waals surface area contributed by atoms with Crippen molar-refractivity contribution in [2.24, 2.45) is 0 Å². The molecule has 7 nitrogen and oxygen atoms in total. The molecule has 0 aliphatic heterocycles. The molecule has 0 spiro atoms. The topological polar surface area (TPSA) is 97.1 Å². The van der Waals surface area contributed by atoms with Crippen LogP contribution in [0.4, 0.5) is 8.78 Å². The number of aliphatic carboxylic acids is 1. The molecule has 0 bridgehead atoms. The summed E-state index contributed by atoms with van der Waals surface area (Å²) in [5, 5.41) is 18.1. The van der Waals surface area contributed by atoms with Crippen LogP contribution in [0.1, 0.15) is 16.1 Å². The van der Waals surface area contributed by atoms with Crippen molar-refractivity contribution >= 4 is 11.9 Å². The highest BCUT2D eigenvalue weighted by Gasteiger charge is 2.15. The van der Waals surface area contributed by atoms with E-state index in [9.17, 15) is 18.4 Å². The Morgan fingerprint density at radius 3 is 2.81 bits per heavy atom. The molecule has 0 unspecified atom stereocenters. The van der Waals surface area contributed by atoms with Gasteiger partial charge >= 0.3 is 5.97 Å². The highest BCUT2D eigenvalue weighted by Crippen LogP contribution is 2.11. The largest absolute Gasteiger partial charge is 0.480 e. The van der Waals surface area contributed by atoms with Gasteiger partial charge in [0, 0.05) is 0 Å². The predicted octanol–water partition coefficient (Wildman–Crippen LogP) is 0.571. The van der Waals surface area contributed by atoms with E-state index in [1.165, 1.54) is 12.3 Å². The molecule has 1 heterocycles. The first-order chi connectivity index (χ1) is 9.97. The first-order valence-electron chi connectivity index (χ1n) is 5.80. The summed E-state index contributed by atoms with van der Waals surface area (Å²) in [6.07, 6.45) is 1.33. The Labute approximate surface area is 117 Å². The van der Waals surface area contributed by atoms with Crippen molar-refractivity contribution in [1.29, 1.82) is 0 Å². The van der Waals surface area contributed by atoms with E-state index in [0.29, 0.717) is 5.69 Å². The number of carboxylic acid groups (broad SMARTS) is 1. The number of nitrogens with zero attached hydrogens (tertiary/aromatic N) is 3. The van der Waals surface area contributed by atoms with Gasteiger partial charge in [-0.05, 0) is 12.1 Å². The fourth-order valence-corrected chi connectivity index (χ4v) is 1.58. The number of amides is 1. The zero-order valence-electron chi connectivity index (χ0n) is 10.6. The Balaban J connectivity index is 1.99. The number of rotatable bonds is 5. The van der Waals surface area contributed by atoms with Crippen LogP contribution in [0, 0.1) is 11.6 Å². The molecule has 21 heavy (non-hydrogen) atoms. The molecule has 0 aliphatic rings. The molecular weight excluding hydrogens is 286 g/mol. The Morgan fingerprint density at radius 1 is 1.33 bits per heavy atom. The standard InChI is InChI=1S/C12H10F2N4O3/c13-9-3-1-2-8(11(9)14)12(21)15-4-7-5-18(17-16-7)6-10(19)20/h1-3,5H,4,6H2,(H,15,21)(H,19,20). The van der Waals surface area contributed by atoms with Crippen molar-refractivity contribution in [3.05, 3.63) is 47.3 Å². The van der Waals surface area contributed by atoms with Crippen molar-refractivity contribution in [2.45, 2.75) is 13.1 Å². The van der Waals surface area contributed by atoms with Gasteiger partial charge in [0.2, 0.25) is 0 Å². The molecule has 0 aliphatic carbocycles. The SMILES string of the molecule is O=C(O)Cn1cc(CNC(=O)c2cccc(F)c2F)nn1. The quantitative estimate of drug-likeness (QED) is 0.840. The van der Waals surface area contributed by atoms with Gasteiger partial charge in [0.05, 0.1) is 18.3 Å². The lowest BCUT2D eigenvalue weighted by molar-refractivity contribution is -0.137. The highest BCUT2D eigenvalue weighted by molar-refractivity contribution is 5.94. The van der Waals surface area contributed by atoms with E-state index in [4.69, 9.17) is 5.11 Å². The number of aromatic nitrogens is 3. The van der Waals surface area contributed by atoms with Crippen LogP contribution in [0.2, 0.25) is 0 Å². The minimum Gasteiger partial charge on any atom is -0.480 e. The van der Waals surface area contributed by atoms with Crippen LogP contribution in [-0.4, -0.2) is 32.0 Å². The second kappa shape index (κ2) is 6.07. The number of hydrogen-bond acceptors (Lipinski definition) is 4. The molecule has 0 radical (unpaired) electrons. The molecular formula is C12H10F2N4O3. The van der Waals surface area contributed by atoms with Gasteiger partial charge in [-0.3, -0.25) is 9.59 Å². The number of halogens is 2. The van der Waals surface area contributed by atoms with Crippen LogP contribution < -0.4 is 5.32 Å². The summed E-state index contributed by atoms with van der Waals surface area (Å²) in [5.41, 5.74) is -0.130. The molecule has 1 aromatic heterocycles. The van der Waals surface area contributed by atoms with E-state index in [1.807, 2.05) is 0 Å². The van der Waals surface area contributed by atoms with Crippen LogP contribution in [-0.2, 0) is 17.9 Å². The number of benzene rings is 1. The normalized spacial score (nSPS) is 10.4. The fourth-order valence-electron chi connectivity index (χ4n) is 1.58. The minimum absolute atomic E-state index is 0.0889. The van der Waals surface area contributed by atoms with Gasteiger partial charge in [0.1, 0.15) is 12.2 Å². The van der Waals surface area contributed by atoms with Crippen LogP contribution in [0.25, 0.3) is 0 Å². The number of nitrogens with one attached hydrogen (secondary N) is 1. The summed E-state index contributed by atoms with van der Waals surface area (Å²) < 4.78 is 27.5. The maximum Gasteiger partial charge on any atom is 0.325 e. The average molecular weight is 296 g/mol. The average Bonchev–Trinajstić information content (AvgIpc) is 2.86. The molecule has 110 valence electrons. The van der Waals surface area contributed by atoms with Crippen molar-refractivity contribution in [1.82, 2.24) is 20.3 Å². The second-order valence-electron chi connectivity index (χ2n) is 4.09. The molecule has 2 N–H and O–H groups in total. The second-order valence-corrected chi connectivity index (χ2v) is 4.09. The highest BCUT2D eigenvalue weighted by atomic mass is 19.2. The van der Waals surface area contributed by atoms with E-state index >= 15 is 0 Å². The van der Waals surface area contributed by atoms with E-state index in [-0.39, 0.29) is 13.1 Å². The third-order valence-electron chi connectivity index (χ3n) is 2.51. The molecule has 0 saturated carbocycles. The maximum absolute atomic E-state index is 13.4. The first-order valence-corrected chi connectivity index (χ1v) is 5.80. The summed E-state index contributed by atoms with van der Waals surface area (Å²) >= 11 is 0. The molecule has 1 amide bonds. The number of carbonyl (C=O) groups excluding carboxylic acids is 1. The number of carbonyl (C=O) groups is 2. The van der Waals surface area contributed by atoms with Crippen molar-refractivity contribution in [3.63, 3.8) is 0 Å². The lowest BCUT2D eigenvalue weighted by Gasteiger charge is -2.04. The summed E-state index contributed by atoms with van der Waals surface area (Å²) in [4.78, 5) is 22.2. The Bertz CT molecular complexity index is 687. The molecule has 9 heteroatoms. The third-order valence-corrected chi connectivity index (χ3v) is 2.51. The van der Waals surface area contributed by atoms with E-state index in [0.717, 1.165) is 16.8 Å². The molecule has 0 fully saturated rings.